The van der Waals surface area contributed by atoms with Gasteiger partial charge >= 0.3 is 5.91 Å². The van der Waals surface area contributed by atoms with Crippen LogP contribution < -0.4 is 15.0 Å². The van der Waals surface area contributed by atoms with Crippen molar-refractivity contribution in [2.45, 2.75) is 18.2 Å². The fraction of sp³-hybridized carbons (Fsp3) is 0.167. The Morgan fingerprint density at radius 3 is 2.77 bits per heavy atom. The summed E-state index contributed by atoms with van der Waals surface area (Å²) in [4.78, 5) is 14.5. The fourth-order valence-corrected chi connectivity index (χ4v) is 3.84. The Hall–Kier alpha value is -2.84. The SMILES string of the molecule is Cc1c(C(=O)NNS(=O)(=O)c2ccc3c(c2)CCO3)oc2ccccc12. The van der Waals surface area contributed by atoms with Crippen LogP contribution in [0, 0.1) is 6.92 Å². The number of aryl methyl sites for hydroxylation is 1. The molecule has 0 radical (unpaired) electrons. The minimum absolute atomic E-state index is 0.0587. The number of furan rings is 1. The molecular formula is C18H16N2O5S. The van der Waals surface area contributed by atoms with Crippen molar-refractivity contribution in [3.05, 3.63) is 59.4 Å². The summed E-state index contributed by atoms with van der Waals surface area (Å²) in [6.45, 7) is 2.28. The normalized spacial score (nSPS) is 13.4. The van der Waals surface area contributed by atoms with E-state index in [4.69, 9.17) is 9.15 Å². The number of rotatable bonds is 4. The van der Waals surface area contributed by atoms with Crippen molar-refractivity contribution < 1.29 is 22.4 Å². The Labute approximate surface area is 150 Å². The van der Waals surface area contributed by atoms with Gasteiger partial charge in [-0.15, -0.1) is 4.83 Å². The number of hydrogen-bond donors (Lipinski definition) is 2. The summed E-state index contributed by atoms with van der Waals surface area (Å²) in [5.41, 5.74) is 4.24. The largest absolute Gasteiger partial charge is 0.493 e. The molecule has 0 saturated heterocycles. The predicted octanol–water partition coefficient (Wildman–Crippen LogP) is 2.30. The topological polar surface area (TPSA) is 97.6 Å². The van der Waals surface area contributed by atoms with Gasteiger partial charge in [-0.2, -0.15) is 0 Å². The van der Waals surface area contributed by atoms with E-state index in [1.807, 2.05) is 12.1 Å². The van der Waals surface area contributed by atoms with E-state index in [1.54, 1.807) is 31.2 Å². The smallest absolute Gasteiger partial charge is 0.302 e. The molecule has 2 aromatic carbocycles. The van der Waals surface area contributed by atoms with Crippen LogP contribution in [0.15, 0.2) is 51.8 Å². The third-order valence-corrected chi connectivity index (χ3v) is 5.57. The molecule has 0 bridgehead atoms. The maximum absolute atomic E-state index is 12.4. The van der Waals surface area contributed by atoms with Gasteiger partial charge in [-0.3, -0.25) is 10.2 Å². The van der Waals surface area contributed by atoms with Crippen molar-refractivity contribution >= 4 is 26.9 Å². The molecule has 0 fully saturated rings. The summed E-state index contributed by atoms with van der Waals surface area (Å²) < 4.78 is 35.8. The zero-order valence-corrected chi connectivity index (χ0v) is 14.7. The van der Waals surface area contributed by atoms with Crippen molar-refractivity contribution in [2.24, 2.45) is 0 Å². The van der Waals surface area contributed by atoms with Gasteiger partial charge in [0, 0.05) is 17.4 Å². The first kappa shape index (κ1) is 16.6. The van der Waals surface area contributed by atoms with Crippen molar-refractivity contribution in [2.75, 3.05) is 6.61 Å². The number of benzene rings is 2. The van der Waals surface area contributed by atoms with Crippen LogP contribution in [0.5, 0.6) is 5.75 Å². The number of para-hydroxylation sites is 1. The number of sulfonamides is 1. The monoisotopic (exact) mass is 372 g/mol. The van der Waals surface area contributed by atoms with Gasteiger partial charge in [0.2, 0.25) is 0 Å². The van der Waals surface area contributed by atoms with Gasteiger partial charge in [0.15, 0.2) is 5.76 Å². The molecular weight excluding hydrogens is 356 g/mol. The molecule has 4 rings (SSSR count). The van der Waals surface area contributed by atoms with Gasteiger partial charge < -0.3 is 9.15 Å². The highest BCUT2D eigenvalue weighted by atomic mass is 32.2. The molecule has 1 aliphatic heterocycles. The number of hydrogen-bond acceptors (Lipinski definition) is 5. The van der Waals surface area contributed by atoms with Gasteiger partial charge in [-0.25, -0.2) is 8.42 Å². The Balaban J connectivity index is 1.54. The molecule has 2 heterocycles. The van der Waals surface area contributed by atoms with Crippen LogP contribution in [0.2, 0.25) is 0 Å². The van der Waals surface area contributed by atoms with Crippen molar-refractivity contribution in [3.63, 3.8) is 0 Å². The Morgan fingerprint density at radius 1 is 1.15 bits per heavy atom. The third kappa shape index (κ3) is 2.83. The molecule has 3 aromatic rings. The summed E-state index contributed by atoms with van der Waals surface area (Å²) in [5, 5.41) is 0.805. The second kappa shape index (κ2) is 6.15. The average Bonchev–Trinajstić information content (AvgIpc) is 3.24. The van der Waals surface area contributed by atoms with Crippen molar-refractivity contribution in [1.29, 1.82) is 0 Å². The van der Waals surface area contributed by atoms with Crippen LogP contribution in [0.3, 0.4) is 0 Å². The Kier molecular flexibility index (Phi) is 3.93. The first-order chi connectivity index (χ1) is 12.5. The predicted molar refractivity (Wildman–Crippen MR) is 94.4 cm³/mol. The van der Waals surface area contributed by atoms with Crippen LogP contribution >= 0.6 is 0 Å². The Morgan fingerprint density at radius 2 is 1.96 bits per heavy atom. The molecule has 26 heavy (non-hydrogen) atoms. The summed E-state index contributed by atoms with van der Waals surface area (Å²) in [6.07, 6.45) is 0.656. The standard InChI is InChI=1S/C18H16N2O5S/c1-11-14-4-2-3-5-16(14)25-17(11)18(21)19-20-26(22,23)13-6-7-15-12(10-13)8-9-24-15/h2-7,10,20H,8-9H2,1H3,(H,19,21). The Bertz CT molecular complexity index is 1120. The second-order valence-corrected chi connectivity index (χ2v) is 7.66. The quantitative estimate of drug-likeness (QED) is 0.685. The number of hydrazine groups is 1. The van der Waals surface area contributed by atoms with Crippen molar-refractivity contribution in [3.8, 4) is 5.75 Å². The molecule has 7 nitrogen and oxygen atoms in total. The van der Waals surface area contributed by atoms with E-state index in [-0.39, 0.29) is 10.7 Å². The van der Waals surface area contributed by atoms with Crippen LogP contribution in [0.25, 0.3) is 11.0 Å². The van der Waals surface area contributed by atoms with E-state index in [1.165, 1.54) is 6.07 Å². The van der Waals surface area contributed by atoms with Crippen molar-refractivity contribution in [1.82, 2.24) is 10.3 Å². The maximum atomic E-state index is 12.4. The van der Waals surface area contributed by atoms with E-state index in [2.05, 4.69) is 10.3 Å². The molecule has 8 heteroatoms. The minimum atomic E-state index is -3.91. The number of amides is 1. The van der Waals surface area contributed by atoms with Crippen LogP contribution in [0.1, 0.15) is 21.7 Å². The summed E-state index contributed by atoms with van der Waals surface area (Å²) >= 11 is 0. The third-order valence-electron chi connectivity index (χ3n) is 4.32. The minimum Gasteiger partial charge on any atom is -0.493 e. The van der Waals surface area contributed by atoms with Crippen LogP contribution in [-0.2, 0) is 16.4 Å². The van der Waals surface area contributed by atoms with Crippen LogP contribution in [-0.4, -0.2) is 20.9 Å². The molecule has 0 atom stereocenters. The van der Waals surface area contributed by atoms with E-state index < -0.39 is 15.9 Å². The molecule has 1 amide bonds. The van der Waals surface area contributed by atoms with Gasteiger partial charge in [0.05, 0.1) is 11.5 Å². The first-order valence-electron chi connectivity index (χ1n) is 8.02. The number of carbonyl (C=O) groups excluding carboxylic acids is 1. The molecule has 1 aromatic heterocycles. The first-order valence-corrected chi connectivity index (χ1v) is 9.50. The molecule has 2 N–H and O–H groups in total. The maximum Gasteiger partial charge on any atom is 0.302 e. The molecule has 134 valence electrons. The van der Waals surface area contributed by atoms with E-state index in [0.717, 1.165) is 10.9 Å². The van der Waals surface area contributed by atoms with Gasteiger partial charge in [-0.05, 0) is 36.8 Å². The molecule has 0 aliphatic carbocycles. The van der Waals surface area contributed by atoms with E-state index in [9.17, 15) is 13.2 Å². The molecule has 1 aliphatic rings. The molecule has 0 spiro atoms. The highest BCUT2D eigenvalue weighted by Gasteiger charge is 2.22. The van der Waals surface area contributed by atoms with E-state index in [0.29, 0.717) is 29.9 Å². The van der Waals surface area contributed by atoms with E-state index >= 15 is 0 Å². The zero-order valence-electron chi connectivity index (χ0n) is 13.9. The lowest BCUT2D eigenvalue weighted by Crippen LogP contribution is -2.41. The number of nitrogens with one attached hydrogen (secondary N) is 2. The number of ether oxygens (including phenoxy) is 1. The molecule has 0 saturated carbocycles. The summed E-state index contributed by atoms with van der Waals surface area (Å²) in [5.74, 6) is 0.0916. The summed E-state index contributed by atoms with van der Waals surface area (Å²) in [7, 11) is -3.91. The highest BCUT2D eigenvalue weighted by Crippen LogP contribution is 2.27. The van der Waals surface area contributed by atoms with Crippen LogP contribution in [0.4, 0.5) is 0 Å². The van der Waals surface area contributed by atoms with Gasteiger partial charge in [0.25, 0.3) is 10.0 Å². The summed E-state index contributed by atoms with van der Waals surface area (Å²) in [6, 6.07) is 11.8. The van der Waals surface area contributed by atoms with Gasteiger partial charge in [0.1, 0.15) is 11.3 Å². The lowest BCUT2D eigenvalue weighted by molar-refractivity contribution is 0.0918. The zero-order chi connectivity index (χ0) is 18.3. The molecule has 0 unspecified atom stereocenters. The average molecular weight is 372 g/mol. The number of fused-ring (bicyclic) bond motifs is 2. The number of carbonyl (C=O) groups is 1. The highest BCUT2D eigenvalue weighted by molar-refractivity contribution is 7.89. The second-order valence-electron chi connectivity index (χ2n) is 5.98. The lowest BCUT2D eigenvalue weighted by atomic mass is 10.1. The van der Waals surface area contributed by atoms with Gasteiger partial charge in [-0.1, -0.05) is 18.2 Å². The lowest BCUT2D eigenvalue weighted by Gasteiger charge is -2.09. The fourth-order valence-electron chi connectivity index (χ4n) is 2.95.